The van der Waals surface area contributed by atoms with Crippen LogP contribution in [-0.4, -0.2) is 52.0 Å². The second-order valence-corrected chi connectivity index (χ2v) is 6.08. The van der Waals surface area contributed by atoms with Crippen molar-refractivity contribution in [3.8, 4) is 0 Å². The first-order chi connectivity index (χ1) is 7.57. The highest BCUT2D eigenvalue weighted by molar-refractivity contribution is 7.91. The SMILES string of the molecule is CCOC(CNC1CCS(=O)(=O)C1)OCC. The van der Waals surface area contributed by atoms with Gasteiger partial charge in [0.15, 0.2) is 16.1 Å². The van der Waals surface area contributed by atoms with E-state index in [9.17, 15) is 8.42 Å². The summed E-state index contributed by atoms with van der Waals surface area (Å²) in [6, 6.07) is 0.0495. The lowest BCUT2D eigenvalue weighted by atomic mass is 10.2. The fourth-order valence-corrected chi connectivity index (χ4v) is 3.46. The molecular weight excluding hydrogens is 230 g/mol. The Labute approximate surface area is 97.4 Å². The molecule has 0 saturated carbocycles. The number of sulfone groups is 1. The molecule has 1 unspecified atom stereocenters. The highest BCUT2D eigenvalue weighted by Crippen LogP contribution is 2.11. The van der Waals surface area contributed by atoms with Crippen molar-refractivity contribution < 1.29 is 17.9 Å². The molecule has 0 aromatic heterocycles. The van der Waals surface area contributed by atoms with Crippen LogP contribution in [0, 0.1) is 0 Å². The van der Waals surface area contributed by atoms with Crippen molar-refractivity contribution in [2.75, 3.05) is 31.3 Å². The molecule has 1 rings (SSSR count). The molecule has 0 aromatic rings. The maximum Gasteiger partial charge on any atom is 0.169 e. The fraction of sp³-hybridized carbons (Fsp3) is 1.00. The molecule has 6 heteroatoms. The van der Waals surface area contributed by atoms with E-state index in [1.807, 2.05) is 13.8 Å². The van der Waals surface area contributed by atoms with Crippen molar-refractivity contribution in [3.05, 3.63) is 0 Å². The molecule has 1 atom stereocenters. The maximum atomic E-state index is 11.2. The average Bonchev–Trinajstić information content (AvgIpc) is 2.55. The zero-order valence-corrected chi connectivity index (χ0v) is 10.8. The maximum absolute atomic E-state index is 11.2. The van der Waals surface area contributed by atoms with Gasteiger partial charge in [0.25, 0.3) is 0 Å². The first kappa shape index (κ1) is 13.9. The van der Waals surface area contributed by atoms with Crippen molar-refractivity contribution in [3.63, 3.8) is 0 Å². The highest BCUT2D eigenvalue weighted by Gasteiger charge is 2.27. The zero-order chi connectivity index (χ0) is 12.0. The molecule has 5 nitrogen and oxygen atoms in total. The normalized spacial score (nSPS) is 24.1. The standard InChI is InChI=1S/C10H21NO4S/c1-3-14-10(15-4-2)7-11-9-5-6-16(12,13)8-9/h9-11H,3-8H2,1-2H3. The van der Waals surface area contributed by atoms with Gasteiger partial charge in [-0.05, 0) is 20.3 Å². The minimum absolute atomic E-state index is 0.0495. The number of hydrogen-bond acceptors (Lipinski definition) is 5. The molecule has 0 aromatic carbocycles. The monoisotopic (exact) mass is 251 g/mol. The second kappa shape index (κ2) is 6.54. The van der Waals surface area contributed by atoms with E-state index in [4.69, 9.17) is 9.47 Å². The second-order valence-electron chi connectivity index (χ2n) is 3.85. The Balaban J connectivity index is 2.27. The molecular formula is C10H21NO4S. The molecule has 1 aliphatic heterocycles. The molecule has 0 bridgehead atoms. The van der Waals surface area contributed by atoms with Crippen molar-refractivity contribution in [2.45, 2.75) is 32.6 Å². The van der Waals surface area contributed by atoms with Crippen LogP contribution in [0.3, 0.4) is 0 Å². The molecule has 0 aliphatic carbocycles. The predicted molar refractivity (Wildman–Crippen MR) is 62.1 cm³/mol. The number of nitrogens with one attached hydrogen (secondary N) is 1. The topological polar surface area (TPSA) is 64.6 Å². The van der Waals surface area contributed by atoms with Crippen LogP contribution in [0.5, 0.6) is 0 Å². The molecule has 1 heterocycles. The minimum Gasteiger partial charge on any atom is -0.352 e. The summed E-state index contributed by atoms with van der Waals surface area (Å²) in [4.78, 5) is 0. The summed E-state index contributed by atoms with van der Waals surface area (Å²) in [6.45, 7) is 5.55. The van der Waals surface area contributed by atoms with Gasteiger partial charge in [-0.3, -0.25) is 0 Å². The van der Waals surface area contributed by atoms with E-state index in [2.05, 4.69) is 5.32 Å². The number of rotatable bonds is 7. The molecule has 0 spiro atoms. The Hall–Kier alpha value is -0.170. The first-order valence-corrected chi connectivity index (χ1v) is 7.56. The van der Waals surface area contributed by atoms with Gasteiger partial charge in [0.1, 0.15) is 0 Å². The molecule has 0 amide bonds. The van der Waals surface area contributed by atoms with Crippen molar-refractivity contribution >= 4 is 9.84 Å². The molecule has 1 fully saturated rings. The zero-order valence-electron chi connectivity index (χ0n) is 9.94. The highest BCUT2D eigenvalue weighted by atomic mass is 32.2. The molecule has 1 N–H and O–H groups in total. The molecule has 96 valence electrons. The van der Waals surface area contributed by atoms with Gasteiger partial charge in [-0.1, -0.05) is 0 Å². The van der Waals surface area contributed by atoms with Crippen molar-refractivity contribution in [2.24, 2.45) is 0 Å². The molecule has 1 aliphatic rings. The summed E-state index contributed by atoms with van der Waals surface area (Å²) in [5.41, 5.74) is 0. The van der Waals surface area contributed by atoms with Crippen LogP contribution in [0.4, 0.5) is 0 Å². The molecule has 16 heavy (non-hydrogen) atoms. The van der Waals surface area contributed by atoms with Crippen LogP contribution < -0.4 is 5.32 Å². The summed E-state index contributed by atoms with van der Waals surface area (Å²) in [7, 11) is -2.81. The van der Waals surface area contributed by atoms with Crippen LogP contribution >= 0.6 is 0 Å². The van der Waals surface area contributed by atoms with Gasteiger partial charge < -0.3 is 14.8 Å². The quantitative estimate of drug-likeness (QED) is 0.653. The molecule has 0 radical (unpaired) electrons. The van der Waals surface area contributed by atoms with Crippen LogP contribution in [0.25, 0.3) is 0 Å². The Morgan fingerprint density at radius 1 is 1.31 bits per heavy atom. The summed E-state index contributed by atoms with van der Waals surface area (Å²) < 4.78 is 33.2. The predicted octanol–water partition coefficient (Wildman–Crippen LogP) is 0.162. The van der Waals surface area contributed by atoms with Crippen molar-refractivity contribution in [1.29, 1.82) is 0 Å². The third-order valence-electron chi connectivity index (χ3n) is 2.51. The summed E-state index contributed by atoms with van der Waals surface area (Å²) in [5, 5.41) is 3.18. The Morgan fingerprint density at radius 2 is 1.94 bits per heavy atom. The van der Waals surface area contributed by atoms with Gasteiger partial charge in [0.2, 0.25) is 0 Å². The average molecular weight is 251 g/mol. The summed E-state index contributed by atoms with van der Waals surface area (Å²) >= 11 is 0. The van der Waals surface area contributed by atoms with E-state index in [0.717, 1.165) is 0 Å². The van der Waals surface area contributed by atoms with E-state index >= 15 is 0 Å². The van der Waals surface area contributed by atoms with Crippen LogP contribution in [0.15, 0.2) is 0 Å². The first-order valence-electron chi connectivity index (χ1n) is 5.74. The summed E-state index contributed by atoms with van der Waals surface area (Å²) in [5.74, 6) is 0.524. The van der Waals surface area contributed by atoms with Gasteiger partial charge in [-0.25, -0.2) is 8.42 Å². The van der Waals surface area contributed by atoms with Gasteiger partial charge in [0.05, 0.1) is 11.5 Å². The van der Waals surface area contributed by atoms with E-state index < -0.39 is 9.84 Å². The number of hydrogen-bond donors (Lipinski definition) is 1. The van der Waals surface area contributed by atoms with Crippen LogP contribution in [-0.2, 0) is 19.3 Å². The van der Waals surface area contributed by atoms with Crippen LogP contribution in [0.1, 0.15) is 20.3 Å². The van der Waals surface area contributed by atoms with Gasteiger partial charge >= 0.3 is 0 Å². The molecule has 1 saturated heterocycles. The third kappa shape index (κ3) is 4.78. The van der Waals surface area contributed by atoms with Gasteiger partial charge in [0, 0.05) is 25.8 Å². The van der Waals surface area contributed by atoms with Gasteiger partial charge in [-0.2, -0.15) is 0 Å². The third-order valence-corrected chi connectivity index (χ3v) is 4.28. The van der Waals surface area contributed by atoms with Crippen molar-refractivity contribution in [1.82, 2.24) is 5.32 Å². The lowest BCUT2D eigenvalue weighted by Gasteiger charge is -2.19. The lowest BCUT2D eigenvalue weighted by molar-refractivity contribution is -0.133. The Kier molecular flexibility index (Phi) is 5.68. The van der Waals surface area contributed by atoms with Crippen LogP contribution in [0.2, 0.25) is 0 Å². The van der Waals surface area contributed by atoms with Gasteiger partial charge in [-0.15, -0.1) is 0 Å². The van der Waals surface area contributed by atoms with E-state index in [1.54, 1.807) is 0 Å². The minimum atomic E-state index is -2.81. The summed E-state index contributed by atoms with van der Waals surface area (Å²) in [6.07, 6.45) is 0.408. The van der Waals surface area contributed by atoms with E-state index in [-0.39, 0.29) is 18.1 Å². The smallest absolute Gasteiger partial charge is 0.169 e. The van der Waals surface area contributed by atoms with E-state index in [1.165, 1.54) is 0 Å². The van der Waals surface area contributed by atoms with E-state index in [0.29, 0.717) is 31.9 Å². The largest absolute Gasteiger partial charge is 0.352 e. The Morgan fingerprint density at radius 3 is 2.38 bits per heavy atom. The number of ether oxygens (including phenoxy) is 2. The fourth-order valence-electron chi connectivity index (χ4n) is 1.76. The lowest BCUT2D eigenvalue weighted by Crippen LogP contribution is -2.38. The Bertz CT molecular complexity index is 285.